The molecule has 1 aromatic heterocycles. The lowest BCUT2D eigenvalue weighted by atomic mass is 9.92. The molecule has 4 rings (SSSR count). The summed E-state index contributed by atoms with van der Waals surface area (Å²) in [4.78, 5) is 0.260. The van der Waals surface area contributed by atoms with Crippen molar-refractivity contribution in [2.45, 2.75) is 42.5 Å². The average Bonchev–Trinajstić information content (AvgIpc) is 2.79. The highest BCUT2D eigenvalue weighted by Gasteiger charge is 2.18. The standard InChI is InChI=1S/C22H23N3O4S2/c1-2-30(26,27)22-14-13-21(23-24-22)17-7-10-19(11-8-17)25-31(28,29)20-12-9-16-5-3-4-6-18(16)15-20/h7-15,25H,2-6H2,1H3. The number of rotatable bonds is 6. The van der Waals surface area contributed by atoms with Crippen molar-refractivity contribution in [3.8, 4) is 11.3 Å². The number of aryl methyl sites for hydroxylation is 2. The maximum atomic E-state index is 12.8. The van der Waals surface area contributed by atoms with Crippen LogP contribution in [0.4, 0.5) is 5.69 Å². The molecule has 2 aromatic carbocycles. The fourth-order valence-electron chi connectivity index (χ4n) is 3.59. The van der Waals surface area contributed by atoms with E-state index in [9.17, 15) is 16.8 Å². The third kappa shape index (κ3) is 4.62. The molecule has 31 heavy (non-hydrogen) atoms. The number of nitrogens with one attached hydrogen (secondary N) is 1. The number of fused-ring (bicyclic) bond motifs is 1. The number of aromatic nitrogens is 2. The predicted molar refractivity (Wildman–Crippen MR) is 119 cm³/mol. The Balaban J connectivity index is 1.52. The van der Waals surface area contributed by atoms with Gasteiger partial charge in [-0.3, -0.25) is 4.72 Å². The first-order chi connectivity index (χ1) is 14.8. The van der Waals surface area contributed by atoms with Crippen LogP contribution in [-0.4, -0.2) is 32.8 Å². The highest BCUT2D eigenvalue weighted by molar-refractivity contribution is 7.92. The molecule has 0 amide bonds. The Kier molecular flexibility index (Phi) is 5.81. The summed E-state index contributed by atoms with van der Waals surface area (Å²) in [7, 11) is -7.10. The fourth-order valence-corrected chi connectivity index (χ4v) is 5.43. The van der Waals surface area contributed by atoms with Gasteiger partial charge in [-0.2, -0.15) is 0 Å². The van der Waals surface area contributed by atoms with Crippen LogP contribution >= 0.6 is 0 Å². The summed E-state index contributed by atoms with van der Waals surface area (Å²) in [6.07, 6.45) is 4.14. The van der Waals surface area contributed by atoms with Gasteiger partial charge in [0.25, 0.3) is 10.0 Å². The zero-order chi connectivity index (χ0) is 22.1. The zero-order valence-electron chi connectivity index (χ0n) is 17.1. The minimum absolute atomic E-state index is 0.0416. The van der Waals surface area contributed by atoms with E-state index in [0.717, 1.165) is 31.2 Å². The van der Waals surface area contributed by atoms with Gasteiger partial charge in [-0.25, -0.2) is 16.8 Å². The summed E-state index contributed by atoms with van der Waals surface area (Å²) < 4.78 is 51.9. The molecule has 1 aliphatic carbocycles. The third-order valence-electron chi connectivity index (χ3n) is 5.40. The molecule has 0 saturated carbocycles. The molecular weight excluding hydrogens is 434 g/mol. The molecule has 0 aliphatic heterocycles. The summed E-state index contributed by atoms with van der Waals surface area (Å²) in [5, 5.41) is 7.73. The lowest BCUT2D eigenvalue weighted by Gasteiger charge is -2.17. The monoisotopic (exact) mass is 457 g/mol. The highest BCUT2D eigenvalue weighted by Crippen LogP contribution is 2.26. The number of benzene rings is 2. The molecule has 0 radical (unpaired) electrons. The van der Waals surface area contributed by atoms with Crippen LogP contribution in [0.2, 0.25) is 0 Å². The van der Waals surface area contributed by atoms with Gasteiger partial charge >= 0.3 is 0 Å². The van der Waals surface area contributed by atoms with Gasteiger partial charge in [0.2, 0.25) is 0 Å². The molecule has 0 atom stereocenters. The molecule has 1 heterocycles. The number of sulfone groups is 1. The van der Waals surface area contributed by atoms with Gasteiger partial charge in [-0.05, 0) is 73.2 Å². The van der Waals surface area contributed by atoms with Gasteiger partial charge in [0, 0.05) is 11.3 Å². The molecule has 0 fully saturated rings. The van der Waals surface area contributed by atoms with Gasteiger partial charge in [0.1, 0.15) is 0 Å². The Bertz CT molecular complexity index is 1300. The Hall–Kier alpha value is -2.78. The first kappa shape index (κ1) is 21.5. The van der Waals surface area contributed by atoms with Crippen molar-refractivity contribution >= 4 is 25.5 Å². The Morgan fingerprint density at radius 1 is 0.839 bits per heavy atom. The maximum Gasteiger partial charge on any atom is 0.261 e. The van der Waals surface area contributed by atoms with Crippen molar-refractivity contribution in [3.63, 3.8) is 0 Å². The molecule has 0 spiro atoms. The molecule has 0 bridgehead atoms. The van der Waals surface area contributed by atoms with E-state index in [1.165, 1.54) is 11.6 Å². The summed E-state index contributed by atoms with van der Waals surface area (Å²) in [5.74, 6) is -0.0416. The third-order valence-corrected chi connectivity index (χ3v) is 8.40. The van der Waals surface area contributed by atoms with Crippen LogP contribution in [0.3, 0.4) is 0 Å². The normalized spacial score (nSPS) is 14.1. The van der Waals surface area contributed by atoms with Gasteiger partial charge < -0.3 is 0 Å². The van der Waals surface area contributed by atoms with Crippen LogP contribution < -0.4 is 4.72 Å². The SMILES string of the molecule is CCS(=O)(=O)c1ccc(-c2ccc(NS(=O)(=O)c3ccc4c(c3)CCCC4)cc2)nn1. The molecular formula is C22H23N3O4S2. The van der Waals surface area contributed by atoms with Crippen molar-refractivity contribution in [3.05, 3.63) is 65.7 Å². The Labute approximate surface area is 182 Å². The first-order valence-corrected chi connectivity index (χ1v) is 13.2. The van der Waals surface area contributed by atoms with E-state index in [0.29, 0.717) is 16.9 Å². The minimum Gasteiger partial charge on any atom is -0.280 e. The molecule has 1 N–H and O–H groups in total. The van der Waals surface area contributed by atoms with Crippen LogP contribution in [-0.2, 0) is 32.7 Å². The van der Waals surface area contributed by atoms with Crippen LogP contribution in [0, 0.1) is 0 Å². The van der Waals surface area contributed by atoms with Gasteiger partial charge in [0.15, 0.2) is 14.9 Å². The van der Waals surface area contributed by atoms with Crippen LogP contribution in [0.25, 0.3) is 11.3 Å². The van der Waals surface area contributed by atoms with Gasteiger partial charge in [0.05, 0.1) is 16.3 Å². The van der Waals surface area contributed by atoms with Crippen molar-refractivity contribution in [2.24, 2.45) is 0 Å². The fraction of sp³-hybridized carbons (Fsp3) is 0.273. The molecule has 7 nitrogen and oxygen atoms in total. The number of nitrogens with zero attached hydrogens (tertiary/aromatic N) is 2. The van der Waals surface area contributed by atoms with E-state index < -0.39 is 19.9 Å². The molecule has 162 valence electrons. The van der Waals surface area contributed by atoms with Crippen LogP contribution in [0.1, 0.15) is 30.9 Å². The van der Waals surface area contributed by atoms with Crippen molar-refractivity contribution in [1.29, 1.82) is 0 Å². The van der Waals surface area contributed by atoms with Gasteiger partial charge in [-0.1, -0.05) is 25.1 Å². The summed E-state index contributed by atoms with van der Waals surface area (Å²) in [5.41, 5.74) is 3.97. The summed E-state index contributed by atoms with van der Waals surface area (Å²) >= 11 is 0. The second-order valence-electron chi connectivity index (χ2n) is 7.48. The molecule has 0 saturated heterocycles. The average molecular weight is 458 g/mol. The smallest absolute Gasteiger partial charge is 0.261 e. The van der Waals surface area contributed by atoms with E-state index >= 15 is 0 Å². The second kappa shape index (κ2) is 8.39. The minimum atomic E-state index is -3.69. The number of sulfonamides is 1. The molecule has 3 aromatic rings. The van der Waals surface area contributed by atoms with Gasteiger partial charge in [-0.15, -0.1) is 10.2 Å². The van der Waals surface area contributed by atoms with E-state index in [2.05, 4.69) is 14.9 Å². The number of hydrogen-bond acceptors (Lipinski definition) is 6. The number of hydrogen-bond donors (Lipinski definition) is 1. The Morgan fingerprint density at radius 2 is 1.55 bits per heavy atom. The summed E-state index contributed by atoms with van der Waals surface area (Å²) in [6.45, 7) is 1.55. The number of anilines is 1. The largest absolute Gasteiger partial charge is 0.280 e. The van der Waals surface area contributed by atoms with E-state index in [4.69, 9.17) is 0 Å². The topological polar surface area (TPSA) is 106 Å². The van der Waals surface area contributed by atoms with Crippen molar-refractivity contribution in [2.75, 3.05) is 10.5 Å². The van der Waals surface area contributed by atoms with Crippen LogP contribution in [0.5, 0.6) is 0 Å². The van der Waals surface area contributed by atoms with Crippen LogP contribution in [0.15, 0.2) is 64.5 Å². The molecule has 9 heteroatoms. The second-order valence-corrected chi connectivity index (χ2v) is 11.4. The quantitative estimate of drug-likeness (QED) is 0.606. The van der Waals surface area contributed by atoms with E-state index in [-0.39, 0.29) is 15.7 Å². The molecule has 0 unspecified atom stereocenters. The van der Waals surface area contributed by atoms with Crippen molar-refractivity contribution in [1.82, 2.24) is 10.2 Å². The van der Waals surface area contributed by atoms with E-state index in [1.54, 1.807) is 49.4 Å². The lowest BCUT2D eigenvalue weighted by molar-refractivity contribution is 0.591. The zero-order valence-corrected chi connectivity index (χ0v) is 18.7. The summed E-state index contributed by atoms with van der Waals surface area (Å²) in [6, 6.07) is 15.1. The Morgan fingerprint density at radius 3 is 2.19 bits per heavy atom. The lowest BCUT2D eigenvalue weighted by Crippen LogP contribution is -2.14. The molecule has 1 aliphatic rings. The maximum absolute atomic E-state index is 12.8. The van der Waals surface area contributed by atoms with E-state index in [1.807, 2.05) is 6.07 Å². The highest BCUT2D eigenvalue weighted by atomic mass is 32.2. The first-order valence-electron chi connectivity index (χ1n) is 10.1. The predicted octanol–water partition coefficient (Wildman–Crippen LogP) is 3.62. The van der Waals surface area contributed by atoms with Crippen molar-refractivity contribution < 1.29 is 16.8 Å².